The molecule has 0 radical (unpaired) electrons. The fourth-order valence-electron chi connectivity index (χ4n) is 3.88. The monoisotopic (exact) mass is 471 g/mol. The van der Waals surface area contributed by atoms with Gasteiger partial charge in [0.2, 0.25) is 15.9 Å². The molecule has 1 fully saturated rings. The van der Waals surface area contributed by atoms with Gasteiger partial charge in [0.05, 0.1) is 17.0 Å². The van der Waals surface area contributed by atoms with Gasteiger partial charge in [0.1, 0.15) is 0 Å². The van der Waals surface area contributed by atoms with E-state index in [1.165, 1.54) is 4.31 Å². The van der Waals surface area contributed by atoms with E-state index in [-0.39, 0.29) is 29.5 Å². The number of para-hydroxylation sites is 1. The second-order valence-corrected chi connectivity index (χ2v) is 10.6. The lowest BCUT2D eigenvalue weighted by atomic mass is 9.97. The van der Waals surface area contributed by atoms with Gasteiger partial charge >= 0.3 is 0 Å². The molecule has 0 aliphatic carbocycles. The van der Waals surface area contributed by atoms with Crippen LogP contribution in [0.1, 0.15) is 54.6 Å². The molecule has 0 saturated carbocycles. The number of amides is 2. The van der Waals surface area contributed by atoms with Crippen LogP contribution < -0.4 is 10.6 Å². The van der Waals surface area contributed by atoms with Crippen molar-refractivity contribution < 1.29 is 18.0 Å². The molecule has 0 spiro atoms. The van der Waals surface area contributed by atoms with E-state index < -0.39 is 10.0 Å². The molecule has 2 amide bonds. The molecular formula is C25H33N3O4S. The maximum Gasteiger partial charge on any atom is 0.253 e. The summed E-state index contributed by atoms with van der Waals surface area (Å²) in [5.74, 6) is -0.748. The molecule has 1 aliphatic rings. The number of hydrogen-bond donors (Lipinski definition) is 2. The molecule has 7 nitrogen and oxygen atoms in total. The lowest BCUT2D eigenvalue weighted by molar-refractivity contribution is -0.120. The third kappa shape index (κ3) is 6.42. The van der Waals surface area contributed by atoms with Crippen LogP contribution in [0.3, 0.4) is 0 Å². The molecule has 2 aromatic carbocycles. The Morgan fingerprint density at radius 2 is 1.70 bits per heavy atom. The zero-order chi connectivity index (χ0) is 24.0. The number of nitrogens with one attached hydrogen (secondary N) is 2. The van der Waals surface area contributed by atoms with Crippen LogP contribution in [-0.2, 0) is 20.6 Å². The Morgan fingerprint density at radius 1 is 1.06 bits per heavy atom. The topological polar surface area (TPSA) is 95.6 Å². The van der Waals surface area contributed by atoms with Crippen molar-refractivity contribution in [1.82, 2.24) is 9.62 Å². The number of sulfonamides is 1. The number of anilines is 1. The highest BCUT2D eigenvalue weighted by Gasteiger charge is 2.31. The standard InChI is InChI=1S/C25H33N3O4S/c1-4-19(3)26-25(30)22-11-7-8-12-23(22)27-24(29)20-13-15-28(16-14-20)33(31,32)17-21-10-6-5-9-18(21)2/h5-12,19-20H,4,13-17H2,1-3H3,(H,26,30)(H,27,29)/t19-/m0/s1. The fourth-order valence-corrected chi connectivity index (χ4v) is 5.55. The molecule has 1 heterocycles. The van der Waals surface area contributed by atoms with E-state index in [0.29, 0.717) is 37.2 Å². The molecule has 0 aromatic heterocycles. The zero-order valence-corrected chi connectivity index (χ0v) is 20.3. The largest absolute Gasteiger partial charge is 0.350 e. The molecule has 178 valence electrons. The van der Waals surface area contributed by atoms with E-state index in [4.69, 9.17) is 0 Å². The van der Waals surface area contributed by atoms with E-state index in [2.05, 4.69) is 10.6 Å². The highest BCUT2D eigenvalue weighted by Crippen LogP contribution is 2.25. The predicted molar refractivity (Wildman–Crippen MR) is 130 cm³/mol. The van der Waals surface area contributed by atoms with Crippen molar-refractivity contribution in [3.8, 4) is 0 Å². The average Bonchev–Trinajstić information content (AvgIpc) is 2.80. The predicted octanol–water partition coefficient (Wildman–Crippen LogP) is 3.70. The van der Waals surface area contributed by atoms with Crippen LogP contribution in [0.4, 0.5) is 5.69 Å². The maximum atomic E-state index is 12.9. The first-order valence-electron chi connectivity index (χ1n) is 11.4. The van der Waals surface area contributed by atoms with Gasteiger partial charge in [0.25, 0.3) is 5.91 Å². The molecule has 1 aliphatic heterocycles. The van der Waals surface area contributed by atoms with E-state index in [1.54, 1.807) is 24.3 Å². The minimum atomic E-state index is -3.45. The quantitative estimate of drug-likeness (QED) is 0.614. The molecule has 2 aromatic rings. The van der Waals surface area contributed by atoms with Gasteiger partial charge in [-0.2, -0.15) is 0 Å². The summed E-state index contributed by atoms with van der Waals surface area (Å²) in [5.41, 5.74) is 2.64. The SMILES string of the molecule is CC[C@H](C)NC(=O)c1ccccc1NC(=O)C1CCN(S(=O)(=O)Cc2ccccc2C)CC1. The fraction of sp³-hybridized carbons (Fsp3) is 0.440. The Morgan fingerprint density at radius 3 is 2.36 bits per heavy atom. The van der Waals surface area contributed by atoms with Gasteiger partial charge < -0.3 is 10.6 Å². The lowest BCUT2D eigenvalue weighted by Gasteiger charge is -2.31. The van der Waals surface area contributed by atoms with Crippen LogP contribution in [-0.4, -0.2) is 43.7 Å². The van der Waals surface area contributed by atoms with Gasteiger partial charge in [-0.15, -0.1) is 0 Å². The number of hydrogen-bond acceptors (Lipinski definition) is 4. The number of carbonyl (C=O) groups excluding carboxylic acids is 2. The summed E-state index contributed by atoms with van der Waals surface area (Å²) in [7, 11) is -3.45. The normalized spacial score (nSPS) is 16.2. The average molecular weight is 472 g/mol. The third-order valence-electron chi connectivity index (χ3n) is 6.24. The van der Waals surface area contributed by atoms with Gasteiger partial charge in [-0.25, -0.2) is 12.7 Å². The Bertz CT molecular complexity index is 1090. The summed E-state index contributed by atoms with van der Waals surface area (Å²) < 4.78 is 27.3. The van der Waals surface area contributed by atoms with Crippen LogP contribution >= 0.6 is 0 Å². The van der Waals surface area contributed by atoms with Crippen LogP contribution in [0.15, 0.2) is 48.5 Å². The third-order valence-corrected chi connectivity index (χ3v) is 8.06. The van der Waals surface area contributed by atoms with Crippen LogP contribution in [0, 0.1) is 12.8 Å². The van der Waals surface area contributed by atoms with Gasteiger partial charge in [-0.05, 0) is 56.4 Å². The van der Waals surface area contributed by atoms with Crippen molar-refractivity contribution in [2.75, 3.05) is 18.4 Å². The van der Waals surface area contributed by atoms with Gasteiger partial charge in [-0.1, -0.05) is 43.3 Å². The number of aryl methyl sites for hydroxylation is 1. The Labute approximate surface area is 196 Å². The Balaban J connectivity index is 1.60. The molecular weight excluding hydrogens is 438 g/mol. The van der Waals surface area contributed by atoms with Crippen molar-refractivity contribution >= 4 is 27.5 Å². The van der Waals surface area contributed by atoms with Crippen molar-refractivity contribution in [2.45, 2.75) is 51.8 Å². The highest BCUT2D eigenvalue weighted by atomic mass is 32.2. The molecule has 0 unspecified atom stereocenters. The number of nitrogens with zero attached hydrogens (tertiary/aromatic N) is 1. The van der Waals surface area contributed by atoms with E-state index in [1.807, 2.05) is 45.0 Å². The number of benzene rings is 2. The molecule has 1 atom stereocenters. The number of rotatable bonds is 8. The molecule has 2 N–H and O–H groups in total. The first-order valence-corrected chi connectivity index (χ1v) is 13.0. The van der Waals surface area contributed by atoms with Gasteiger partial charge in [0, 0.05) is 25.0 Å². The Hall–Kier alpha value is -2.71. The van der Waals surface area contributed by atoms with E-state index in [0.717, 1.165) is 17.5 Å². The molecule has 8 heteroatoms. The van der Waals surface area contributed by atoms with Crippen LogP contribution in [0.5, 0.6) is 0 Å². The second kappa shape index (κ2) is 10.9. The smallest absolute Gasteiger partial charge is 0.253 e. The molecule has 1 saturated heterocycles. The minimum absolute atomic E-state index is 0.0325. The molecule has 0 bridgehead atoms. The van der Waals surface area contributed by atoms with Crippen LogP contribution in [0.2, 0.25) is 0 Å². The first-order chi connectivity index (χ1) is 15.7. The molecule has 3 rings (SSSR count). The molecule has 33 heavy (non-hydrogen) atoms. The summed E-state index contributed by atoms with van der Waals surface area (Å²) in [6.07, 6.45) is 1.70. The maximum absolute atomic E-state index is 12.9. The lowest BCUT2D eigenvalue weighted by Crippen LogP contribution is -2.42. The summed E-state index contributed by atoms with van der Waals surface area (Å²) in [6.45, 7) is 6.44. The summed E-state index contributed by atoms with van der Waals surface area (Å²) in [4.78, 5) is 25.5. The van der Waals surface area contributed by atoms with Crippen molar-refractivity contribution in [3.63, 3.8) is 0 Å². The summed E-state index contributed by atoms with van der Waals surface area (Å²) in [6, 6.07) is 14.4. The van der Waals surface area contributed by atoms with E-state index >= 15 is 0 Å². The second-order valence-electron chi connectivity index (χ2n) is 8.67. The summed E-state index contributed by atoms with van der Waals surface area (Å²) in [5, 5.41) is 5.81. The van der Waals surface area contributed by atoms with Gasteiger partial charge in [-0.3, -0.25) is 9.59 Å². The van der Waals surface area contributed by atoms with E-state index in [9.17, 15) is 18.0 Å². The van der Waals surface area contributed by atoms with Crippen molar-refractivity contribution in [2.24, 2.45) is 5.92 Å². The minimum Gasteiger partial charge on any atom is -0.350 e. The zero-order valence-electron chi connectivity index (χ0n) is 19.5. The van der Waals surface area contributed by atoms with Crippen molar-refractivity contribution in [3.05, 3.63) is 65.2 Å². The first kappa shape index (κ1) is 24.9. The number of piperidine rings is 1. The summed E-state index contributed by atoms with van der Waals surface area (Å²) >= 11 is 0. The van der Waals surface area contributed by atoms with Crippen molar-refractivity contribution in [1.29, 1.82) is 0 Å². The Kier molecular flexibility index (Phi) is 8.26. The number of carbonyl (C=O) groups is 2. The highest BCUT2D eigenvalue weighted by molar-refractivity contribution is 7.88. The van der Waals surface area contributed by atoms with Gasteiger partial charge in [0.15, 0.2) is 0 Å². The van der Waals surface area contributed by atoms with Crippen LogP contribution in [0.25, 0.3) is 0 Å².